The topological polar surface area (TPSA) is 88.8 Å². The molecule has 142 valence electrons. The molecule has 2 atom stereocenters. The molecule has 6 heteroatoms. The third-order valence-corrected chi connectivity index (χ3v) is 6.84. The molecule has 28 heavy (non-hydrogen) atoms. The van der Waals surface area contributed by atoms with Gasteiger partial charge in [0.05, 0.1) is 16.6 Å². The van der Waals surface area contributed by atoms with Crippen LogP contribution >= 0.6 is 11.6 Å². The lowest BCUT2D eigenvalue weighted by atomic mass is 9.89. The molecule has 0 unspecified atom stereocenters. The molecule has 2 aliphatic carbocycles. The molecule has 2 saturated carbocycles. The van der Waals surface area contributed by atoms with Gasteiger partial charge in [-0.1, -0.05) is 24.1 Å². The van der Waals surface area contributed by atoms with Crippen LogP contribution in [0.25, 0.3) is 22.2 Å². The minimum absolute atomic E-state index is 0.0180. The number of benzene rings is 1. The molecule has 0 spiro atoms. The molecule has 3 aromatic rings. The van der Waals surface area contributed by atoms with Crippen LogP contribution in [0.3, 0.4) is 0 Å². The van der Waals surface area contributed by atoms with Crippen molar-refractivity contribution in [3.8, 4) is 11.3 Å². The maximum absolute atomic E-state index is 12.7. The molecular weight excluding hydrogens is 374 g/mol. The molecular formula is C22H20ClN3O2. The van der Waals surface area contributed by atoms with Crippen molar-refractivity contribution in [3.63, 3.8) is 0 Å². The van der Waals surface area contributed by atoms with Crippen LogP contribution in [0, 0.1) is 12.8 Å². The number of hydrogen-bond acceptors (Lipinski definition) is 3. The first kappa shape index (κ1) is 17.4. The van der Waals surface area contributed by atoms with Crippen LogP contribution in [0.15, 0.2) is 35.3 Å². The number of rotatable bonds is 3. The molecule has 5 nitrogen and oxygen atoms in total. The van der Waals surface area contributed by atoms with E-state index in [2.05, 4.69) is 16.0 Å². The number of nitrogens with one attached hydrogen (secondary N) is 1. The summed E-state index contributed by atoms with van der Waals surface area (Å²) in [4.78, 5) is 31.5. The molecule has 2 aromatic heterocycles. The van der Waals surface area contributed by atoms with Gasteiger partial charge in [-0.05, 0) is 60.8 Å². The fourth-order valence-corrected chi connectivity index (χ4v) is 5.43. The number of nitrogens with zero attached hydrogens (tertiary/aromatic N) is 1. The molecule has 0 saturated heterocycles. The van der Waals surface area contributed by atoms with Crippen LogP contribution < -0.4 is 11.2 Å². The molecule has 2 heterocycles. The Morgan fingerprint density at radius 1 is 1.36 bits per heavy atom. The summed E-state index contributed by atoms with van der Waals surface area (Å²) in [7, 11) is 0. The lowest BCUT2D eigenvalue weighted by molar-refractivity contribution is 0.0997. The van der Waals surface area contributed by atoms with E-state index in [0.29, 0.717) is 11.2 Å². The Morgan fingerprint density at radius 3 is 2.86 bits per heavy atom. The highest BCUT2D eigenvalue weighted by Gasteiger charge is 2.58. The number of aromatic amines is 1. The van der Waals surface area contributed by atoms with Gasteiger partial charge in [0.15, 0.2) is 5.43 Å². The third kappa shape index (κ3) is 2.42. The van der Waals surface area contributed by atoms with E-state index in [1.165, 1.54) is 43.5 Å². The van der Waals surface area contributed by atoms with E-state index in [4.69, 9.17) is 17.3 Å². The number of primary amides is 1. The second-order valence-corrected chi connectivity index (χ2v) is 8.50. The van der Waals surface area contributed by atoms with E-state index in [0.717, 1.165) is 22.1 Å². The number of amides is 1. The summed E-state index contributed by atoms with van der Waals surface area (Å²) in [6.45, 7) is 2.04. The third-order valence-electron chi connectivity index (χ3n) is 6.52. The molecule has 0 aliphatic heterocycles. The highest BCUT2D eigenvalue weighted by Crippen LogP contribution is 2.65. The van der Waals surface area contributed by atoms with Gasteiger partial charge in [0.2, 0.25) is 0 Å². The van der Waals surface area contributed by atoms with E-state index < -0.39 is 5.91 Å². The first-order chi connectivity index (χ1) is 13.4. The Balaban J connectivity index is 1.66. The zero-order valence-electron chi connectivity index (χ0n) is 15.5. The predicted molar refractivity (Wildman–Crippen MR) is 110 cm³/mol. The van der Waals surface area contributed by atoms with Crippen molar-refractivity contribution in [3.05, 3.63) is 62.5 Å². The number of carbonyl (C=O) groups excluding carboxylic acids is 1. The van der Waals surface area contributed by atoms with Gasteiger partial charge in [-0.25, -0.2) is 0 Å². The van der Waals surface area contributed by atoms with Crippen molar-refractivity contribution in [1.29, 1.82) is 0 Å². The van der Waals surface area contributed by atoms with Crippen molar-refractivity contribution in [2.24, 2.45) is 11.7 Å². The number of aryl methyl sites for hydroxylation is 1. The molecule has 2 aliphatic rings. The predicted octanol–water partition coefficient (Wildman–Crippen LogP) is 4.09. The minimum atomic E-state index is -0.720. The van der Waals surface area contributed by atoms with E-state index in [1.54, 1.807) is 6.07 Å². The first-order valence-corrected chi connectivity index (χ1v) is 9.91. The molecule has 2 fully saturated rings. The van der Waals surface area contributed by atoms with Crippen LogP contribution in [0.2, 0.25) is 5.02 Å². The van der Waals surface area contributed by atoms with Gasteiger partial charge in [0, 0.05) is 22.8 Å². The number of nitrogens with two attached hydrogens (primary N) is 1. The Hall–Kier alpha value is -2.66. The highest BCUT2D eigenvalue weighted by molar-refractivity contribution is 6.32. The number of aromatic nitrogens is 2. The fourth-order valence-electron chi connectivity index (χ4n) is 5.08. The monoisotopic (exact) mass is 393 g/mol. The van der Waals surface area contributed by atoms with Gasteiger partial charge < -0.3 is 10.7 Å². The van der Waals surface area contributed by atoms with Gasteiger partial charge in [-0.2, -0.15) is 0 Å². The number of halogens is 1. The molecule has 5 rings (SSSR count). The molecule has 1 amide bonds. The minimum Gasteiger partial charge on any atom is -0.364 e. The summed E-state index contributed by atoms with van der Waals surface area (Å²) in [5, 5.41) is 0.975. The van der Waals surface area contributed by atoms with Crippen LogP contribution in [0.5, 0.6) is 0 Å². The summed E-state index contributed by atoms with van der Waals surface area (Å²) in [6.07, 6.45) is 6.49. The van der Waals surface area contributed by atoms with Crippen LogP contribution in [0.4, 0.5) is 0 Å². The number of fused-ring (bicyclic) bond motifs is 2. The normalized spacial score (nSPS) is 23.0. The van der Waals surface area contributed by atoms with Gasteiger partial charge in [0.1, 0.15) is 5.69 Å². The lowest BCUT2D eigenvalue weighted by Crippen LogP contribution is -2.17. The SMILES string of the molecule is Cc1cc([C@@]23CCC[C@@H]2C3)c(Cl)cc1-c1cc(=O)c2c(C(N)=O)nccc2[nH]1. The maximum Gasteiger partial charge on any atom is 0.268 e. The number of carbonyl (C=O) groups is 1. The van der Waals surface area contributed by atoms with E-state index in [-0.39, 0.29) is 21.9 Å². The average molecular weight is 394 g/mol. The zero-order chi connectivity index (χ0) is 19.6. The standard InChI is InChI=1S/C22H20ClN3O2/c1-11-7-14(22-5-2-3-12(22)10-22)15(23)8-13(11)17-9-18(27)19-16(26-17)4-6-25-20(19)21(24)28/h4,6-9,12H,2-3,5,10H2,1H3,(H2,24,28)(H,26,27)/t12-,22-/m1/s1. The Kier molecular flexibility index (Phi) is 3.68. The summed E-state index contributed by atoms with van der Waals surface area (Å²) in [5.41, 5.74) is 9.74. The zero-order valence-corrected chi connectivity index (χ0v) is 16.3. The molecule has 0 radical (unpaired) electrons. The van der Waals surface area contributed by atoms with E-state index >= 15 is 0 Å². The van der Waals surface area contributed by atoms with Crippen LogP contribution in [-0.4, -0.2) is 15.9 Å². The quantitative estimate of drug-likeness (QED) is 0.702. The van der Waals surface area contributed by atoms with Crippen molar-refractivity contribution >= 4 is 28.4 Å². The largest absolute Gasteiger partial charge is 0.364 e. The van der Waals surface area contributed by atoms with Gasteiger partial charge in [-0.3, -0.25) is 14.6 Å². The number of H-pyrrole nitrogens is 1. The van der Waals surface area contributed by atoms with Gasteiger partial charge in [-0.15, -0.1) is 0 Å². The maximum atomic E-state index is 12.7. The van der Waals surface area contributed by atoms with Crippen molar-refractivity contribution in [1.82, 2.24) is 9.97 Å². The van der Waals surface area contributed by atoms with E-state index in [9.17, 15) is 9.59 Å². The second kappa shape index (κ2) is 5.92. The Morgan fingerprint density at radius 2 is 2.18 bits per heavy atom. The first-order valence-electron chi connectivity index (χ1n) is 9.53. The molecule has 1 aromatic carbocycles. The fraction of sp³-hybridized carbons (Fsp3) is 0.318. The van der Waals surface area contributed by atoms with Gasteiger partial charge in [0.25, 0.3) is 5.91 Å². The smallest absolute Gasteiger partial charge is 0.268 e. The number of pyridine rings is 2. The Bertz CT molecular complexity index is 1220. The van der Waals surface area contributed by atoms with Crippen molar-refractivity contribution in [2.75, 3.05) is 0 Å². The lowest BCUT2D eigenvalue weighted by Gasteiger charge is -2.18. The van der Waals surface area contributed by atoms with Crippen molar-refractivity contribution in [2.45, 2.75) is 38.0 Å². The second-order valence-electron chi connectivity index (χ2n) is 8.09. The van der Waals surface area contributed by atoms with Crippen LogP contribution in [-0.2, 0) is 5.41 Å². The molecule has 0 bridgehead atoms. The summed E-state index contributed by atoms with van der Waals surface area (Å²) < 4.78 is 0. The summed E-state index contributed by atoms with van der Waals surface area (Å²) in [5.74, 6) is 0.0534. The summed E-state index contributed by atoms with van der Waals surface area (Å²) in [6, 6.07) is 7.31. The number of hydrogen-bond donors (Lipinski definition) is 2. The van der Waals surface area contributed by atoms with Gasteiger partial charge >= 0.3 is 0 Å². The Labute approximate surface area is 166 Å². The van der Waals surface area contributed by atoms with Crippen molar-refractivity contribution < 1.29 is 4.79 Å². The highest BCUT2D eigenvalue weighted by atomic mass is 35.5. The average Bonchev–Trinajstić information content (AvgIpc) is 3.22. The summed E-state index contributed by atoms with van der Waals surface area (Å²) >= 11 is 6.71. The molecule has 3 N–H and O–H groups in total. The van der Waals surface area contributed by atoms with E-state index in [1.807, 2.05) is 13.0 Å². The van der Waals surface area contributed by atoms with Crippen LogP contribution in [0.1, 0.15) is 47.3 Å².